The fourth-order valence-corrected chi connectivity index (χ4v) is 2.90. The topological polar surface area (TPSA) is 22.0 Å². The van der Waals surface area contributed by atoms with Gasteiger partial charge in [-0.25, -0.2) is 0 Å². The van der Waals surface area contributed by atoms with E-state index >= 15 is 0 Å². The van der Waals surface area contributed by atoms with Gasteiger partial charge in [-0.2, -0.15) is 13.2 Å². The van der Waals surface area contributed by atoms with Gasteiger partial charge in [0.15, 0.2) is 5.78 Å². The van der Waals surface area contributed by atoms with Gasteiger partial charge in [-0.15, -0.1) is 0 Å². The summed E-state index contributed by atoms with van der Waals surface area (Å²) in [6.45, 7) is 0. The van der Waals surface area contributed by atoms with Gasteiger partial charge >= 0.3 is 6.18 Å². The van der Waals surface area contributed by atoms with E-state index in [1.54, 1.807) is 16.8 Å². The number of fused-ring (bicyclic) bond motifs is 1. The molecule has 21 heavy (non-hydrogen) atoms. The van der Waals surface area contributed by atoms with E-state index < -0.39 is 11.7 Å². The molecule has 0 saturated heterocycles. The monoisotopic (exact) mass is 313 g/mol. The van der Waals surface area contributed by atoms with Crippen LogP contribution >= 0.6 is 11.6 Å². The Kier molecular flexibility index (Phi) is 3.32. The van der Waals surface area contributed by atoms with E-state index in [9.17, 15) is 18.0 Å². The lowest BCUT2D eigenvalue weighted by Gasteiger charge is -2.17. The van der Waals surface area contributed by atoms with E-state index in [1.807, 2.05) is 0 Å². The first-order valence-electron chi connectivity index (χ1n) is 6.48. The average molecular weight is 314 g/mol. The molecule has 0 amide bonds. The van der Waals surface area contributed by atoms with E-state index in [-0.39, 0.29) is 10.8 Å². The van der Waals surface area contributed by atoms with Crippen LogP contribution in [0.4, 0.5) is 13.2 Å². The molecule has 1 aromatic carbocycles. The molecule has 0 bridgehead atoms. The quantitative estimate of drug-likeness (QED) is 0.750. The highest BCUT2D eigenvalue weighted by Crippen LogP contribution is 2.34. The first-order valence-corrected chi connectivity index (χ1v) is 6.86. The lowest BCUT2D eigenvalue weighted by atomic mass is 9.96. The number of halogens is 4. The number of hydrogen-bond donors (Lipinski definition) is 0. The molecular formula is C15H11ClF3NO. The molecule has 6 heteroatoms. The van der Waals surface area contributed by atoms with Crippen LogP contribution in [0.25, 0.3) is 5.69 Å². The van der Waals surface area contributed by atoms with Crippen molar-refractivity contribution in [2.45, 2.75) is 25.4 Å². The van der Waals surface area contributed by atoms with Crippen molar-refractivity contribution in [3.05, 3.63) is 52.3 Å². The van der Waals surface area contributed by atoms with Crippen molar-refractivity contribution in [1.82, 2.24) is 4.57 Å². The normalized spacial score (nSPS) is 15.1. The molecule has 0 N–H and O–H groups in total. The van der Waals surface area contributed by atoms with Gasteiger partial charge in [0, 0.05) is 23.9 Å². The molecule has 1 heterocycles. The summed E-state index contributed by atoms with van der Waals surface area (Å²) in [6.07, 6.45) is -0.770. The zero-order valence-electron chi connectivity index (χ0n) is 10.9. The second kappa shape index (κ2) is 4.91. The summed E-state index contributed by atoms with van der Waals surface area (Å²) in [5.74, 6) is 0.0676. The molecule has 110 valence electrons. The SMILES string of the molecule is O=C1CCCc2c1ccn2-c1ccc(C(F)(F)F)cc1Cl. The fourth-order valence-electron chi connectivity index (χ4n) is 2.63. The van der Waals surface area contributed by atoms with Crippen molar-refractivity contribution in [2.75, 3.05) is 0 Å². The van der Waals surface area contributed by atoms with Crippen LogP contribution in [0.15, 0.2) is 30.5 Å². The summed E-state index contributed by atoms with van der Waals surface area (Å²) in [6, 6.07) is 4.95. The predicted molar refractivity (Wildman–Crippen MR) is 73.0 cm³/mol. The molecule has 1 aliphatic rings. The number of rotatable bonds is 1. The Hall–Kier alpha value is -1.75. The summed E-state index contributed by atoms with van der Waals surface area (Å²) in [5, 5.41) is 0.0150. The van der Waals surface area contributed by atoms with Gasteiger partial charge in [-0.1, -0.05) is 11.6 Å². The van der Waals surface area contributed by atoms with E-state index in [1.165, 1.54) is 6.07 Å². The van der Waals surface area contributed by atoms with Gasteiger partial charge in [0.1, 0.15) is 0 Å². The van der Waals surface area contributed by atoms with E-state index in [4.69, 9.17) is 11.6 Å². The highest BCUT2D eigenvalue weighted by molar-refractivity contribution is 6.32. The molecule has 0 aliphatic heterocycles. The zero-order valence-corrected chi connectivity index (χ0v) is 11.6. The molecule has 0 atom stereocenters. The van der Waals surface area contributed by atoms with Crippen molar-refractivity contribution >= 4 is 17.4 Å². The number of carbonyl (C=O) groups is 1. The van der Waals surface area contributed by atoms with Gasteiger partial charge in [0.2, 0.25) is 0 Å². The smallest absolute Gasteiger partial charge is 0.319 e. The third kappa shape index (κ3) is 2.46. The molecule has 1 aliphatic carbocycles. The van der Waals surface area contributed by atoms with Gasteiger partial charge in [-0.3, -0.25) is 4.79 Å². The Morgan fingerprint density at radius 3 is 2.57 bits per heavy atom. The van der Waals surface area contributed by atoms with Crippen molar-refractivity contribution < 1.29 is 18.0 Å². The summed E-state index contributed by atoms with van der Waals surface area (Å²) in [7, 11) is 0. The van der Waals surface area contributed by atoms with Crippen molar-refractivity contribution in [2.24, 2.45) is 0 Å². The molecule has 0 radical (unpaired) electrons. The minimum atomic E-state index is -4.42. The number of Topliss-reactive ketones (excluding diaryl/α,β-unsaturated/α-hetero) is 1. The maximum atomic E-state index is 12.7. The van der Waals surface area contributed by atoms with E-state index in [0.717, 1.165) is 24.2 Å². The molecule has 0 spiro atoms. The summed E-state index contributed by atoms with van der Waals surface area (Å²) >= 11 is 6.00. The number of nitrogens with zero attached hydrogens (tertiary/aromatic N) is 1. The van der Waals surface area contributed by atoms with Gasteiger partial charge in [0.05, 0.1) is 16.3 Å². The summed E-state index contributed by atoms with van der Waals surface area (Å²) < 4.78 is 39.7. The Bertz CT molecular complexity index is 718. The van der Waals surface area contributed by atoms with Crippen LogP contribution < -0.4 is 0 Å². The second-order valence-electron chi connectivity index (χ2n) is 4.99. The van der Waals surface area contributed by atoms with Crippen LogP contribution in [0.1, 0.15) is 34.5 Å². The van der Waals surface area contributed by atoms with Crippen LogP contribution in [0.5, 0.6) is 0 Å². The van der Waals surface area contributed by atoms with E-state index in [2.05, 4.69) is 0 Å². The predicted octanol–water partition coefficient (Wildman–Crippen LogP) is 4.67. The van der Waals surface area contributed by atoms with E-state index in [0.29, 0.717) is 24.1 Å². The second-order valence-corrected chi connectivity index (χ2v) is 5.39. The molecule has 0 saturated carbocycles. The third-order valence-electron chi connectivity index (χ3n) is 3.64. The maximum Gasteiger partial charge on any atom is 0.416 e. The molecule has 3 rings (SSSR count). The molecule has 0 fully saturated rings. The number of aromatic nitrogens is 1. The molecule has 1 aromatic heterocycles. The molecule has 2 aromatic rings. The molecular weight excluding hydrogens is 303 g/mol. The Balaban J connectivity index is 2.08. The van der Waals surface area contributed by atoms with Gasteiger partial charge in [0.25, 0.3) is 0 Å². The summed E-state index contributed by atoms with van der Waals surface area (Å²) in [4.78, 5) is 11.8. The number of carbonyl (C=O) groups excluding carboxylic acids is 1. The lowest BCUT2D eigenvalue weighted by molar-refractivity contribution is -0.137. The number of benzene rings is 1. The van der Waals surface area contributed by atoms with Crippen molar-refractivity contribution in [1.29, 1.82) is 0 Å². The Morgan fingerprint density at radius 1 is 1.14 bits per heavy atom. The van der Waals surface area contributed by atoms with Gasteiger partial charge in [-0.05, 0) is 37.1 Å². The maximum absolute atomic E-state index is 12.7. The van der Waals surface area contributed by atoms with Crippen LogP contribution in [0.2, 0.25) is 5.02 Å². The van der Waals surface area contributed by atoms with Gasteiger partial charge < -0.3 is 4.57 Å². The fraction of sp³-hybridized carbons (Fsp3) is 0.267. The molecule has 2 nitrogen and oxygen atoms in total. The van der Waals surface area contributed by atoms with Crippen LogP contribution in [0, 0.1) is 0 Å². The Labute approximate surface area is 124 Å². The summed E-state index contributed by atoms with van der Waals surface area (Å²) in [5.41, 5.74) is 1.12. The van der Waals surface area contributed by atoms with Crippen LogP contribution in [-0.2, 0) is 12.6 Å². The third-order valence-corrected chi connectivity index (χ3v) is 3.95. The first kappa shape index (κ1) is 14.2. The number of hydrogen-bond acceptors (Lipinski definition) is 1. The van der Waals surface area contributed by atoms with Crippen LogP contribution in [-0.4, -0.2) is 10.4 Å². The number of alkyl halides is 3. The zero-order chi connectivity index (χ0) is 15.2. The highest BCUT2D eigenvalue weighted by Gasteiger charge is 2.31. The largest absolute Gasteiger partial charge is 0.416 e. The molecule has 0 unspecified atom stereocenters. The number of ketones is 1. The average Bonchev–Trinajstić information content (AvgIpc) is 2.83. The minimum Gasteiger partial charge on any atom is -0.319 e. The Morgan fingerprint density at radius 2 is 1.90 bits per heavy atom. The standard InChI is InChI=1S/C15H11ClF3NO/c16-11-8-9(15(17,18)19)4-5-13(11)20-7-6-10-12(20)2-1-3-14(10)21/h4-8H,1-3H2. The minimum absolute atomic E-state index is 0.0150. The highest BCUT2D eigenvalue weighted by atomic mass is 35.5. The van der Waals surface area contributed by atoms with Crippen molar-refractivity contribution in [3.8, 4) is 5.69 Å². The lowest BCUT2D eigenvalue weighted by Crippen LogP contribution is -2.12. The van der Waals surface area contributed by atoms with Crippen LogP contribution in [0.3, 0.4) is 0 Å². The first-order chi connectivity index (χ1) is 9.88. The van der Waals surface area contributed by atoms with Crippen molar-refractivity contribution in [3.63, 3.8) is 0 Å².